The molecule has 1 aromatic carbocycles. The largest absolute Gasteiger partial charge is 0.372 e. The first-order valence-electron chi connectivity index (χ1n) is 5.93. The van der Waals surface area contributed by atoms with Gasteiger partial charge in [-0.15, -0.1) is 11.3 Å². The predicted octanol–water partition coefficient (Wildman–Crippen LogP) is 3.84. The fourth-order valence-corrected chi connectivity index (χ4v) is 2.93. The van der Waals surface area contributed by atoms with E-state index in [9.17, 15) is 10.1 Å². The third-order valence-corrected chi connectivity index (χ3v) is 4.06. The zero-order valence-electron chi connectivity index (χ0n) is 11.0. The minimum absolute atomic E-state index is 0.00713. The molecule has 0 spiro atoms. The number of aryl methyl sites for hydroxylation is 2. The summed E-state index contributed by atoms with van der Waals surface area (Å²) in [5, 5.41) is 15.2. The van der Waals surface area contributed by atoms with Crippen molar-refractivity contribution in [3.05, 3.63) is 50.0 Å². The smallest absolute Gasteiger partial charge is 0.292 e. The third kappa shape index (κ3) is 2.90. The Hall–Kier alpha value is -1.95. The highest BCUT2D eigenvalue weighted by Gasteiger charge is 2.17. The van der Waals surface area contributed by atoms with Crippen molar-refractivity contribution < 1.29 is 4.92 Å². The molecule has 0 aliphatic carbocycles. The molecule has 0 fully saturated rings. The molecule has 0 bridgehead atoms. The Bertz CT molecular complexity index is 610. The van der Waals surface area contributed by atoms with Gasteiger partial charge in [-0.25, -0.2) is 4.98 Å². The molecule has 1 atom stereocenters. The van der Waals surface area contributed by atoms with Crippen molar-refractivity contribution in [2.45, 2.75) is 26.8 Å². The lowest BCUT2D eigenvalue weighted by Gasteiger charge is -2.14. The highest BCUT2D eigenvalue weighted by molar-refractivity contribution is 7.11. The molecule has 1 unspecified atom stereocenters. The van der Waals surface area contributed by atoms with Crippen LogP contribution in [0.3, 0.4) is 0 Å². The van der Waals surface area contributed by atoms with Gasteiger partial charge >= 0.3 is 0 Å². The molecule has 0 saturated carbocycles. The van der Waals surface area contributed by atoms with Gasteiger partial charge in [0.15, 0.2) is 0 Å². The van der Waals surface area contributed by atoms with Gasteiger partial charge in [-0.1, -0.05) is 12.1 Å². The van der Waals surface area contributed by atoms with Crippen LogP contribution in [0.1, 0.15) is 28.5 Å². The maximum atomic E-state index is 11.0. The number of para-hydroxylation sites is 2. The van der Waals surface area contributed by atoms with Crippen LogP contribution in [-0.2, 0) is 0 Å². The quantitative estimate of drug-likeness (QED) is 0.681. The predicted molar refractivity (Wildman–Crippen MR) is 76.7 cm³/mol. The van der Waals surface area contributed by atoms with Gasteiger partial charge in [0.25, 0.3) is 5.69 Å². The summed E-state index contributed by atoms with van der Waals surface area (Å²) in [6.45, 7) is 5.89. The minimum Gasteiger partial charge on any atom is -0.372 e. The molecule has 2 aromatic rings. The van der Waals surface area contributed by atoms with Crippen LogP contribution < -0.4 is 5.32 Å². The van der Waals surface area contributed by atoms with Gasteiger partial charge in [0, 0.05) is 10.9 Å². The van der Waals surface area contributed by atoms with E-state index in [2.05, 4.69) is 10.3 Å². The zero-order chi connectivity index (χ0) is 14.0. The number of aromatic nitrogens is 1. The fraction of sp³-hybridized carbons (Fsp3) is 0.308. The number of hydrogen-bond acceptors (Lipinski definition) is 5. The summed E-state index contributed by atoms with van der Waals surface area (Å²) in [6, 6.07) is 6.66. The molecule has 1 aromatic heterocycles. The summed E-state index contributed by atoms with van der Waals surface area (Å²) in [7, 11) is 0. The van der Waals surface area contributed by atoms with Crippen molar-refractivity contribution in [3.63, 3.8) is 0 Å². The van der Waals surface area contributed by atoms with Crippen LogP contribution in [-0.4, -0.2) is 9.91 Å². The number of thiazole rings is 1. The molecule has 0 aliphatic heterocycles. The fourth-order valence-electron chi connectivity index (χ4n) is 2.00. The number of nitrogens with zero attached hydrogens (tertiary/aromatic N) is 2. The average Bonchev–Trinajstić information content (AvgIpc) is 2.69. The Morgan fingerprint density at radius 1 is 1.37 bits per heavy atom. The van der Waals surface area contributed by atoms with Crippen molar-refractivity contribution in [1.29, 1.82) is 0 Å². The van der Waals surface area contributed by atoms with Crippen molar-refractivity contribution in [2.24, 2.45) is 0 Å². The molecule has 1 heterocycles. The second kappa shape index (κ2) is 5.36. The second-order valence-corrected chi connectivity index (χ2v) is 5.56. The summed E-state index contributed by atoms with van der Waals surface area (Å²) in [5.41, 5.74) is 1.60. The highest BCUT2D eigenvalue weighted by atomic mass is 32.1. The topological polar surface area (TPSA) is 68.1 Å². The molecule has 19 heavy (non-hydrogen) atoms. The first-order chi connectivity index (χ1) is 8.99. The first-order valence-corrected chi connectivity index (χ1v) is 6.74. The third-order valence-electron chi connectivity index (χ3n) is 2.81. The summed E-state index contributed by atoms with van der Waals surface area (Å²) in [5.74, 6) is 0. The van der Waals surface area contributed by atoms with Gasteiger partial charge in [0.05, 0.1) is 21.7 Å². The van der Waals surface area contributed by atoms with Crippen LogP contribution >= 0.6 is 11.3 Å². The molecule has 0 saturated heterocycles. The Labute approximate surface area is 115 Å². The molecular weight excluding hydrogens is 262 g/mol. The Morgan fingerprint density at radius 3 is 2.63 bits per heavy atom. The van der Waals surface area contributed by atoms with Crippen LogP contribution in [0.15, 0.2) is 24.3 Å². The Kier molecular flexibility index (Phi) is 3.80. The first kappa shape index (κ1) is 13.5. The zero-order valence-corrected chi connectivity index (χ0v) is 11.8. The number of benzene rings is 1. The lowest BCUT2D eigenvalue weighted by Crippen LogP contribution is -2.08. The summed E-state index contributed by atoms with van der Waals surface area (Å²) >= 11 is 1.61. The summed E-state index contributed by atoms with van der Waals surface area (Å²) in [4.78, 5) is 16.1. The van der Waals surface area contributed by atoms with E-state index in [1.807, 2.05) is 20.8 Å². The lowest BCUT2D eigenvalue weighted by atomic mass is 10.2. The summed E-state index contributed by atoms with van der Waals surface area (Å²) in [6.07, 6.45) is 0. The maximum absolute atomic E-state index is 11.0. The Balaban J connectivity index is 2.26. The molecule has 100 valence electrons. The molecular formula is C13H15N3O2S. The van der Waals surface area contributed by atoms with E-state index >= 15 is 0 Å². The second-order valence-electron chi connectivity index (χ2n) is 4.32. The van der Waals surface area contributed by atoms with Gasteiger partial charge in [0.1, 0.15) is 5.69 Å². The van der Waals surface area contributed by atoms with Crippen LogP contribution in [0.4, 0.5) is 11.4 Å². The highest BCUT2D eigenvalue weighted by Crippen LogP contribution is 2.31. The number of nitro benzene ring substituents is 1. The number of nitro groups is 1. The van der Waals surface area contributed by atoms with E-state index in [4.69, 9.17) is 0 Å². The van der Waals surface area contributed by atoms with Crippen LogP contribution in [0.25, 0.3) is 0 Å². The van der Waals surface area contributed by atoms with Crippen molar-refractivity contribution in [3.8, 4) is 0 Å². The average molecular weight is 277 g/mol. The molecule has 0 aliphatic rings. The van der Waals surface area contributed by atoms with E-state index < -0.39 is 0 Å². The number of rotatable bonds is 4. The molecule has 0 radical (unpaired) electrons. The van der Waals surface area contributed by atoms with E-state index in [1.54, 1.807) is 29.5 Å². The molecule has 2 rings (SSSR count). The van der Waals surface area contributed by atoms with Gasteiger partial charge < -0.3 is 5.32 Å². The molecule has 0 amide bonds. The monoisotopic (exact) mass is 277 g/mol. The van der Waals surface area contributed by atoms with E-state index in [-0.39, 0.29) is 16.7 Å². The molecule has 5 nitrogen and oxygen atoms in total. The van der Waals surface area contributed by atoms with Crippen molar-refractivity contribution in [2.75, 3.05) is 5.32 Å². The summed E-state index contributed by atoms with van der Waals surface area (Å²) < 4.78 is 0. The molecule has 1 N–H and O–H groups in total. The van der Waals surface area contributed by atoms with E-state index in [0.29, 0.717) is 5.69 Å². The lowest BCUT2D eigenvalue weighted by molar-refractivity contribution is -0.384. The van der Waals surface area contributed by atoms with Crippen LogP contribution in [0.2, 0.25) is 0 Å². The number of nitrogens with one attached hydrogen (secondary N) is 1. The van der Waals surface area contributed by atoms with E-state index in [0.717, 1.165) is 15.6 Å². The number of hydrogen-bond donors (Lipinski definition) is 1. The van der Waals surface area contributed by atoms with Gasteiger partial charge in [0.2, 0.25) is 0 Å². The standard InChI is InChI=1S/C13H15N3O2S/c1-8-13(19-10(3)14-8)9(2)15-11-6-4-5-7-12(11)16(17)18/h4-7,9,15H,1-3H3. The number of anilines is 1. The van der Waals surface area contributed by atoms with Crippen LogP contribution in [0, 0.1) is 24.0 Å². The minimum atomic E-state index is -0.375. The van der Waals surface area contributed by atoms with Gasteiger partial charge in [-0.3, -0.25) is 10.1 Å². The van der Waals surface area contributed by atoms with Crippen molar-refractivity contribution >= 4 is 22.7 Å². The van der Waals surface area contributed by atoms with Gasteiger partial charge in [-0.05, 0) is 26.8 Å². The van der Waals surface area contributed by atoms with Gasteiger partial charge in [-0.2, -0.15) is 0 Å². The van der Waals surface area contributed by atoms with Crippen LogP contribution in [0.5, 0.6) is 0 Å². The maximum Gasteiger partial charge on any atom is 0.292 e. The molecule has 6 heteroatoms. The SMILES string of the molecule is Cc1nc(C)c(C(C)Nc2ccccc2[N+](=O)[O-])s1. The van der Waals surface area contributed by atoms with Crippen molar-refractivity contribution in [1.82, 2.24) is 4.98 Å². The normalized spacial score (nSPS) is 12.2. The van der Waals surface area contributed by atoms with E-state index in [1.165, 1.54) is 6.07 Å². The Morgan fingerprint density at radius 2 is 2.05 bits per heavy atom.